The van der Waals surface area contributed by atoms with Crippen LogP contribution in [0.15, 0.2) is 22.7 Å². The SMILES string of the molecule is COCC1(CNC(=O)c2cccc(Br)c2Cl)CCCN1.Cl. The summed E-state index contributed by atoms with van der Waals surface area (Å²) >= 11 is 9.45. The van der Waals surface area contributed by atoms with E-state index in [9.17, 15) is 4.79 Å². The minimum Gasteiger partial charge on any atom is -0.383 e. The van der Waals surface area contributed by atoms with Gasteiger partial charge in [0.1, 0.15) is 0 Å². The smallest absolute Gasteiger partial charge is 0.252 e. The summed E-state index contributed by atoms with van der Waals surface area (Å²) in [5.74, 6) is -0.166. The zero-order valence-corrected chi connectivity index (χ0v) is 14.9. The molecule has 1 aromatic carbocycles. The third-order valence-corrected chi connectivity index (χ3v) is 4.83. The van der Waals surface area contributed by atoms with Gasteiger partial charge in [-0.3, -0.25) is 4.79 Å². The fraction of sp³-hybridized carbons (Fsp3) is 0.500. The molecule has 1 atom stereocenters. The summed E-state index contributed by atoms with van der Waals surface area (Å²) in [6.45, 7) is 2.07. The number of nitrogens with one attached hydrogen (secondary N) is 2. The molecule has 1 aromatic rings. The number of amides is 1. The normalized spacial score (nSPS) is 20.9. The average Bonchev–Trinajstić information content (AvgIpc) is 2.89. The van der Waals surface area contributed by atoms with E-state index in [0.29, 0.717) is 23.7 Å². The highest BCUT2D eigenvalue weighted by Crippen LogP contribution is 2.26. The van der Waals surface area contributed by atoms with E-state index in [1.807, 2.05) is 6.07 Å². The number of carbonyl (C=O) groups is 1. The van der Waals surface area contributed by atoms with Gasteiger partial charge in [-0.05, 0) is 47.4 Å². The average molecular weight is 398 g/mol. The molecule has 1 aliphatic heterocycles. The Morgan fingerprint density at radius 3 is 2.95 bits per heavy atom. The van der Waals surface area contributed by atoms with Crippen molar-refractivity contribution in [3.63, 3.8) is 0 Å². The molecule has 1 heterocycles. The van der Waals surface area contributed by atoms with Crippen LogP contribution in [0.25, 0.3) is 0 Å². The lowest BCUT2D eigenvalue weighted by Crippen LogP contribution is -2.53. The Hall–Kier alpha value is -0.330. The van der Waals surface area contributed by atoms with Crippen LogP contribution in [-0.2, 0) is 4.74 Å². The highest BCUT2D eigenvalue weighted by molar-refractivity contribution is 9.10. The molecule has 7 heteroatoms. The fourth-order valence-corrected chi connectivity index (χ4v) is 3.07. The van der Waals surface area contributed by atoms with Crippen LogP contribution in [0.1, 0.15) is 23.2 Å². The van der Waals surface area contributed by atoms with E-state index in [2.05, 4.69) is 26.6 Å². The fourth-order valence-electron chi connectivity index (χ4n) is 2.49. The Labute approximate surface area is 144 Å². The van der Waals surface area contributed by atoms with Crippen LogP contribution in [0.4, 0.5) is 0 Å². The second-order valence-electron chi connectivity index (χ2n) is 5.03. The summed E-state index contributed by atoms with van der Waals surface area (Å²) in [5, 5.41) is 6.81. The lowest BCUT2D eigenvalue weighted by molar-refractivity contribution is 0.0892. The summed E-state index contributed by atoms with van der Waals surface area (Å²) in [6, 6.07) is 5.32. The van der Waals surface area contributed by atoms with E-state index in [-0.39, 0.29) is 23.9 Å². The Balaban J connectivity index is 0.00000220. The number of hydrogen-bond donors (Lipinski definition) is 2. The number of methoxy groups -OCH3 is 1. The van der Waals surface area contributed by atoms with Gasteiger partial charge in [0.15, 0.2) is 0 Å². The Bertz CT molecular complexity index is 494. The molecule has 0 saturated carbocycles. The molecular formula is C14H19BrCl2N2O2. The maximum absolute atomic E-state index is 12.2. The Morgan fingerprint density at radius 1 is 1.57 bits per heavy atom. The first-order chi connectivity index (χ1) is 9.58. The summed E-state index contributed by atoms with van der Waals surface area (Å²) in [6.07, 6.45) is 2.09. The van der Waals surface area contributed by atoms with E-state index >= 15 is 0 Å². The zero-order valence-electron chi connectivity index (χ0n) is 11.7. The van der Waals surface area contributed by atoms with Crippen LogP contribution in [0, 0.1) is 0 Å². The molecular weight excluding hydrogens is 379 g/mol. The van der Waals surface area contributed by atoms with Crippen molar-refractivity contribution in [1.29, 1.82) is 0 Å². The summed E-state index contributed by atoms with van der Waals surface area (Å²) in [4.78, 5) is 12.2. The summed E-state index contributed by atoms with van der Waals surface area (Å²) in [5.41, 5.74) is 0.315. The highest BCUT2D eigenvalue weighted by atomic mass is 79.9. The van der Waals surface area contributed by atoms with Crippen LogP contribution >= 0.6 is 39.9 Å². The van der Waals surface area contributed by atoms with Gasteiger partial charge in [-0.1, -0.05) is 17.7 Å². The molecule has 1 aliphatic rings. The van der Waals surface area contributed by atoms with E-state index in [1.54, 1.807) is 19.2 Å². The van der Waals surface area contributed by atoms with E-state index in [0.717, 1.165) is 23.9 Å². The molecule has 2 N–H and O–H groups in total. The first-order valence-corrected chi connectivity index (χ1v) is 7.71. The lowest BCUT2D eigenvalue weighted by atomic mass is 9.98. The van der Waals surface area contributed by atoms with Crippen molar-refractivity contribution in [2.24, 2.45) is 0 Å². The second-order valence-corrected chi connectivity index (χ2v) is 6.26. The Kier molecular flexibility index (Phi) is 7.44. The third kappa shape index (κ3) is 4.57. The third-order valence-electron chi connectivity index (χ3n) is 3.54. The van der Waals surface area contributed by atoms with Crippen LogP contribution in [-0.4, -0.2) is 38.3 Å². The molecule has 4 nitrogen and oxygen atoms in total. The van der Waals surface area contributed by atoms with Crippen molar-refractivity contribution in [1.82, 2.24) is 10.6 Å². The molecule has 0 aliphatic carbocycles. The molecule has 0 spiro atoms. The van der Waals surface area contributed by atoms with Gasteiger partial charge in [0.25, 0.3) is 5.91 Å². The van der Waals surface area contributed by atoms with Crippen LogP contribution in [0.5, 0.6) is 0 Å². The van der Waals surface area contributed by atoms with Gasteiger partial charge in [-0.15, -0.1) is 12.4 Å². The van der Waals surface area contributed by atoms with E-state index in [1.165, 1.54) is 0 Å². The second kappa shape index (κ2) is 8.34. The van der Waals surface area contributed by atoms with Crippen molar-refractivity contribution in [2.45, 2.75) is 18.4 Å². The standard InChI is InChI=1S/C14H18BrClN2O2.ClH/c1-20-9-14(6-3-7-18-14)8-17-13(19)10-4-2-5-11(15)12(10)16;/h2,4-5,18H,3,6-9H2,1H3,(H,17,19);1H. The number of ether oxygens (including phenoxy) is 1. The van der Waals surface area contributed by atoms with Gasteiger partial charge in [0.05, 0.1) is 22.7 Å². The zero-order chi connectivity index (χ0) is 14.6. The molecule has 21 heavy (non-hydrogen) atoms. The van der Waals surface area contributed by atoms with Crippen LogP contribution in [0.2, 0.25) is 5.02 Å². The predicted molar refractivity (Wildman–Crippen MR) is 90.6 cm³/mol. The molecule has 118 valence electrons. The van der Waals surface area contributed by atoms with Crippen LogP contribution in [0.3, 0.4) is 0 Å². The summed E-state index contributed by atoms with van der Waals surface area (Å²) in [7, 11) is 1.68. The van der Waals surface area contributed by atoms with Gasteiger partial charge in [-0.25, -0.2) is 0 Å². The molecule has 0 aromatic heterocycles. The van der Waals surface area contributed by atoms with Gasteiger partial charge in [0, 0.05) is 18.1 Å². The van der Waals surface area contributed by atoms with Crippen molar-refractivity contribution in [3.05, 3.63) is 33.3 Å². The monoisotopic (exact) mass is 396 g/mol. The molecule has 2 rings (SSSR count). The quantitative estimate of drug-likeness (QED) is 0.802. The molecule has 1 fully saturated rings. The largest absolute Gasteiger partial charge is 0.383 e. The number of hydrogen-bond acceptors (Lipinski definition) is 3. The van der Waals surface area contributed by atoms with Gasteiger partial charge in [-0.2, -0.15) is 0 Å². The first kappa shape index (κ1) is 18.7. The number of halogens is 3. The number of rotatable bonds is 5. The molecule has 0 bridgehead atoms. The topological polar surface area (TPSA) is 50.4 Å². The van der Waals surface area contributed by atoms with Crippen molar-refractivity contribution in [3.8, 4) is 0 Å². The van der Waals surface area contributed by atoms with Crippen molar-refractivity contribution < 1.29 is 9.53 Å². The summed E-state index contributed by atoms with van der Waals surface area (Å²) < 4.78 is 5.98. The van der Waals surface area contributed by atoms with Crippen molar-refractivity contribution in [2.75, 3.05) is 26.8 Å². The molecule has 1 amide bonds. The van der Waals surface area contributed by atoms with E-state index in [4.69, 9.17) is 16.3 Å². The number of carbonyl (C=O) groups excluding carboxylic acids is 1. The van der Waals surface area contributed by atoms with Crippen LogP contribution < -0.4 is 10.6 Å². The van der Waals surface area contributed by atoms with Gasteiger partial charge >= 0.3 is 0 Å². The van der Waals surface area contributed by atoms with Crippen molar-refractivity contribution >= 4 is 45.8 Å². The minimum absolute atomic E-state index is 0. The maximum atomic E-state index is 12.2. The maximum Gasteiger partial charge on any atom is 0.252 e. The predicted octanol–water partition coefficient (Wildman–Crippen LogP) is 3.02. The highest BCUT2D eigenvalue weighted by Gasteiger charge is 2.33. The van der Waals surface area contributed by atoms with E-state index < -0.39 is 0 Å². The van der Waals surface area contributed by atoms with Gasteiger partial charge < -0.3 is 15.4 Å². The first-order valence-electron chi connectivity index (χ1n) is 6.54. The lowest BCUT2D eigenvalue weighted by Gasteiger charge is -2.29. The molecule has 0 radical (unpaired) electrons. The minimum atomic E-state index is -0.166. The van der Waals surface area contributed by atoms with Gasteiger partial charge in [0.2, 0.25) is 0 Å². The number of benzene rings is 1. The molecule has 1 unspecified atom stereocenters. The Morgan fingerprint density at radius 2 is 2.33 bits per heavy atom. The molecule has 1 saturated heterocycles.